The highest BCUT2D eigenvalue weighted by Gasteiger charge is 1.95. The lowest BCUT2D eigenvalue weighted by Crippen LogP contribution is -2.22. The van der Waals surface area contributed by atoms with E-state index in [9.17, 15) is 4.79 Å². The minimum Gasteiger partial charge on any atom is -0.463 e. The van der Waals surface area contributed by atoms with Crippen LogP contribution in [0.2, 0.25) is 0 Å². The van der Waals surface area contributed by atoms with E-state index in [1.165, 1.54) is 0 Å². The second-order valence-electron chi connectivity index (χ2n) is 2.37. The number of hydrogen-bond acceptors (Lipinski definition) is 5. The zero-order valence-corrected chi connectivity index (χ0v) is 8.23. The lowest BCUT2D eigenvalue weighted by atomic mass is 10.4. The van der Waals surface area contributed by atoms with Crippen molar-refractivity contribution in [3.8, 4) is 0 Å². The van der Waals surface area contributed by atoms with Crippen molar-refractivity contribution in [3.05, 3.63) is 12.7 Å². The molecular formula is C8H17NO4. The lowest BCUT2D eigenvalue weighted by molar-refractivity contribution is -0.325. The maximum atomic E-state index is 10.1. The zero-order valence-electron chi connectivity index (χ0n) is 8.23. The molecule has 0 aromatic rings. The molecule has 0 rings (SSSR count). The first-order chi connectivity index (χ1) is 5.95. The van der Waals surface area contributed by atoms with Crippen LogP contribution in [0.3, 0.4) is 0 Å². The smallest absolute Gasteiger partial charge is 0.330 e. The Morgan fingerprint density at radius 3 is 2.08 bits per heavy atom. The first-order valence-corrected chi connectivity index (χ1v) is 3.91. The fraction of sp³-hybridized carbons (Fsp3) is 0.625. The molecule has 5 nitrogen and oxygen atoms in total. The molecule has 78 valence electrons. The molecular weight excluding hydrogens is 174 g/mol. The van der Waals surface area contributed by atoms with Crippen molar-refractivity contribution >= 4 is 5.97 Å². The number of nitrogens with zero attached hydrogens (tertiary/aromatic N) is 1. The van der Waals surface area contributed by atoms with Gasteiger partial charge in [0.2, 0.25) is 0 Å². The highest BCUT2D eigenvalue weighted by molar-refractivity contribution is 5.81. The van der Waals surface area contributed by atoms with Gasteiger partial charge in [-0.3, -0.25) is 10.4 Å². The monoisotopic (exact) mass is 191 g/mol. The fourth-order valence-electron chi connectivity index (χ4n) is 0.201. The number of ether oxygens (including phenoxy) is 1. The molecule has 0 aromatic carbocycles. The van der Waals surface area contributed by atoms with Gasteiger partial charge in [-0.1, -0.05) is 11.8 Å². The Bertz CT molecular complexity index is 139. The maximum absolute atomic E-state index is 10.1. The minimum atomic E-state index is -0.359. The summed E-state index contributed by atoms with van der Waals surface area (Å²) in [5, 5.41) is 16.2. The van der Waals surface area contributed by atoms with Crippen LogP contribution >= 0.6 is 0 Å². The lowest BCUT2D eigenvalue weighted by Gasteiger charge is -2.07. The van der Waals surface area contributed by atoms with Gasteiger partial charge in [-0.05, 0) is 20.8 Å². The summed E-state index contributed by atoms with van der Waals surface area (Å²) in [4.78, 5) is 10.1. The van der Waals surface area contributed by atoms with Gasteiger partial charge in [-0.25, -0.2) is 4.79 Å². The molecule has 0 radical (unpaired) electrons. The predicted octanol–water partition coefficient (Wildman–Crippen LogP) is 1.21. The number of carbonyl (C=O) groups is 1. The van der Waals surface area contributed by atoms with Gasteiger partial charge in [-0.15, -0.1) is 0 Å². The summed E-state index contributed by atoms with van der Waals surface area (Å²) in [6, 6.07) is -0.204. The van der Waals surface area contributed by atoms with E-state index in [4.69, 9.17) is 10.4 Å². The Balaban J connectivity index is 0. The first-order valence-electron chi connectivity index (χ1n) is 3.91. The topological polar surface area (TPSA) is 70.0 Å². The van der Waals surface area contributed by atoms with Crippen molar-refractivity contribution < 1.29 is 19.9 Å². The van der Waals surface area contributed by atoms with E-state index < -0.39 is 0 Å². The summed E-state index contributed by atoms with van der Waals surface area (Å²) in [6.45, 7) is 8.71. The molecule has 0 spiro atoms. The highest BCUT2D eigenvalue weighted by Crippen LogP contribution is 1.83. The van der Waals surface area contributed by atoms with Crippen LogP contribution in [0.5, 0.6) is 0 Å². The van der Waals surface area contributed by atoms with Gasteiger partial charge in [0.25, 0.3) is 0 Å². The van der Waals surface area contributed by atoms with Crippen LogP contribution in [0, 0.1) is 0 Å². The molecule has 0 atom stereocenters. The molecule has 2 N–H and O–H groups in total. The van der Waals surface area contributed by atoms with Crippen molar-refractivity contribution in [3.63, 3.8) is 0 Å². The summed E-state index contributed by atoms with van der Waals surface area (Å²) in [5.74, 6) is -0.359. The summed E-state index contributed by atoms with van der Waals surface area (Å²) in [5.41, 5.74) is 0. The van der Waals surface area contributed by atoms with Crippen molar-refractivity contribution in [2.45, 2.75) is 26.8 Å². The van der Waals surface area contributed by atoms with Crippen LogP contribution in [0.4, 0.5) is 0 Å². The van der Waals surface area contributed by atoms with Crippen molar-refractivity contribution in [2.24, 2.45) is 0 Å². The van der Waals surface area contributed by atoms with Gasteiger partial charge in [0, 0.05) is 6.08 Å². The average molecular weight is 191 g/mol. The first kappa shape index (κ1) is 14.6. The number of rotatable bonds is 3. The molecule has 0 aliphatic heterocycles. The van der Waals surface area contributed by atoms with Gasteiger partial charge in [-0.2, -0.15) is 0 Å². The van der Waals surface area contributed by atoms with E-state index in [0.717, 1.165) is 6.08 Å². The number of carbonyl (C=O) groups excluding carboxylic acids is 1. The van der Waals surface area contributed by atoms with E-state index in [2.05, 4.69) is 11.3 Å². The number of hydroxylamine groups is 2. The Morgan fingerprint density at radius 2 is 2.00 bits per heavy atom. The zero-order chi connectivity index (χ0) is 10.9. The Hall–Kier alpha value is -0.910. The third-order valence-corrected chi connectivity index (χ3v) is 0.915. The van der Waals surface area contributed by atoms with E-state index in [1.807, 2.05) is 0 Å². The predicted molar refractivity (Wildman–Crippen MR) is 47.4 cm³/mol. The quantitative estimate of drug-likeness (QED) is 0.398. The number of hydrogen-bond donors (Lipinski definition) is 2. The molecule has 0 aliphatic rings. The van der Waals surface area contributed by atoms with Crippen LogP contribution < -0.4 is 0 Å². The van der Waals surface area contributed by atoms with Crippen molar-refractivity contribution in [1.29, 1.82) is 0 Å². The molecule has 0 fully saturated rings. The van der Waals surface area contributed by atoms with Gasteiger partial charge in [0.05, 0.1) is 12.6 Å². The van der Waals surface area contributed by atoms with E-state index in [-0.39, 0.29) is 17.2 Å². The summed E-state index contributed by atoms with van der Waals surface area (Å²) >= 11 is 0. The summed E-state index contributed by atoms with van der Waals surface area (Å²) in [7, 11) is 0. The second-order valence-corrected chi connectivity index (χ2v) is 2.37. The van der Waals surface area contributed by atoms with Crippen LogP contribution in [-0.4, -0.2) is 34.3 Å². The largest absolute Gasteiger partial charge is 0.463 e. The average Bonchev–Trinajstić information content (AvgIpc) is 2.05. The van der Waals surface area contributed by atoms with Gasteiger partial charge in [0.15, 0.2) is 0 Å². The van der Waals surface area contributed by atoms with Crippen LogP contribution in [-0.2, 0) is 9.53 Å². The molecule has 0 saturated carbocycles. The van der Waals surface area contributed by atoms with Crippen LogP contribution in [0.15, 0.2) is 12.7 Å². The SMILES string of the molecule is C=CC(=O)OCC.CC(C)N(O)O. The van der Waals surface area contributed by atoms with E-state index in [1.54, 1.807) is 20.8 Å². The van der Waals surface area contributed by atoms with Crippen molar-refractivity contribution in [2.75, 3.05) is 6.61 Å². The summed E-state index contributed by atoms with van der Waals surface area (Å²) < 4.78 is 4.43. The third kappa shape index (κ3) is 14.0. The number of esters is 1. The molecule has 0 saturated heterocycles. The summed E-state index contributed by atoms with van der Waals surface area (Å²) in [6.07, 6.45) is 1.14. The van der Waals surface area contributed by atoms with Crippen molar-refractivity contribution in [1.82, 2.24) is 5.23 Å². The standard InChI is InChI=1S/C5H8O2.C3H9NO2/c1-3-5(6)7-4-2;1-3(2)4(5)6/h3H,1,4H2,2H3;3,5-6H,1-2H3. The molecule has 0 amide bonds. The minimum absolute atomic E-state index is 0.167. The highest BCUT2D eigenvalue weighted by atomic mass is 16.8. The van der Waals surface area contributed by atoms with Crippen LogP contribution in [0.1, 0.15) is 20.8 Å². The normalized spacial score (nSPS) is 9.15. The Labute approximate surface area is 78.1 Å². The maximum Gasteiger partial charge on any atom is 0.330 e. The van der Waals surface area contributed by atoms with Gasteiger partial charge >= 0.3 is 5.97 Å². The molecule has 0 aliphatic carbocycles. The Kier molecular flexibility index (Phi) is 10.3. The third-order valence-electron chi connectivity index (χ3n) is 0.915. The van der Waals surface area contributed by atoms with E-state index >= 15 is 0 Å². The Morgan fingerprint density at radius 1 is 1.62 bits per heavy atom. The molecule has 5 heteroatoms. The van der Waals surface area contributed by atoms with Gasteiger partial charge in [0.1, 0.15) is 0 Å². The second kappa shape index (κ2) is 9.18. The molecule has 0 bridgehead atoms. The molecule has 0 unspecified atom stereocenters. The van der Waals surface area contributed by atoms with E-state index in [0.29, 0.717) is 6.61 Å². The molecule has 0 aromatic heterocycles. The fourth-order valence-corrected chi connectivity index (χ4v) is 0.201. The van der Waals surface area contributed by atoms with Gasteiger partial charge < -0.3 is 4.74 Å². The molecule has 13 heavy (non-hydrogen) atoms. The van der Waals surface area contributed by atoms with Crippen LogP contribution in [0.25, 0.3) is 0 Å². The molecule has 0 heterocycles.